The summed E-state index contributed by atoms with van der Waals surface area (Å²) in [4.78, 5) is 21.8. The van der Waals surface area contributed by atoms with E-state index >= 15 is 0 Å². The molecule has 3 aromatic rings. The van der Waals surface area contributed by atoms with Gasteiger partial charge in [0.25, 0.3) is 0 Å². The van der Waals surface area contributed by atoms with E-state index < -0.39 is 0 Å². The van der Waals surface area contributed by atoms with Crippen molar-refractivity contribution in [2.24, 2.45) is 0 Å². The standard InChI is InChI=1S/C22H24N4O2/c1-15-13-26-14-17(9-19(26)12-23-15)20-10-16-3-4-18(11-21(16)28-22(20)27)25-7-5-24(2)6-8-25/h3-4,9,11-14,20H,5-8,10H2,1-2H3. The predicted octanol–water partition coefficient (Wildman–Crippen LogP) is 2.64. The van der Waals surface area contributed by atoms with Crippen LogP contribution in [-0.4, -0.2) is 53.5 Å². The average molecular weight is 376 g/mol. The summed E-state index contributed by atoms with van der Waals surface area (Å²) in [6.45, 7) is 6.06. The van der Waals surface area contributed by atoms with Gasteiger partial charge < -0.3 is 18.9 Å². The first-order valence-corrected chi connectivity index (χ1v) is 9.79. The number of carbonyl (C=O) groups is 1. The number of hydrogen-bond acceptors (Lipinski definition) is 5. The number of fused-ring (bicyclic) bond motifs is 2. The van der Waals surface area contributed by atoms with Gasteiger partial charge in [-0.25, -0.2) is 0 Å². The van der Waals surface area contributed by atoms with Gasteiger partial charge in [-0.15, -0.1) is 0 Å². The molecule has 1 atom stereocenters. The van der Waals surface area contributed by atoms with E-state index in [2.05, 4.69) is 34.0 Å². The molecule has 0 radical (unpaired) electrons. The first-order valence-electron chi connectivity index (χ1n) is 9.79. The van der Waals surface area contributed by atoms with E-state index in [-0.39, 0.29) is 11.9 Å². The third kappa shape index (κ3) is 3.03. The Kier molecular flexibility index (Phi) is 4.09. The number of rotatable bonds is 2. The lowest BCUT2D eigenvalue weighted by Crippen LogP contribution is -2.44. The number of aryl methyl sites for hydroxylation is 1. The average Bonchev–Trinajstić information content (AvgIpc) is 3.10. The monoisotopic (exact) mass is 376 g/mol. The molecule has 2 aliphatic rings. The van der Waals surface area contributed by atoms with Crippen LogP contribution >= 0.6 is 0 Å². The maximum Gasteiger partial charge on any atom is 0.319 e. The van der Waals surface area contributed by atoms with Gasteiger partial charge in [-0.1, -0.05) is 6.07 Å². The highest BCUT2D eigenvalue weighted by atomic mass is 16.5. The van der Waals surface area contributed by atoms with Gasteiger partial charge >= 0.3 is 5.97 Å². The van der Waals surface area contributed by atoms with Gasteiger partial charge in [-0.05, 0) is 43.7 Å². The predicted molar refractivity (Wildman–Crippen MR) is 108 cm³/mol. The van der Waals surface area contributed by atoms with Crippen molar-refractivity contribution in [3.05, 3.63) is 59.7 Å². The van der Waals surface area contributed by atoms with Crippen molar-refractivity contribution in [1.82, 2.24) is 14.3 Å². The number of aromatic nitrogens is 2. The van der Waals surface area contributed by atoms with Crippen molar-refractivity contribution in [2.45, 2.75) is 19.3 Å². The summed E-state index contributed by atoms with van der Waals surface area (Å²) < 4.78 is 7.80. The van der Waals surface area contributed by atoms with Gasteiger partial charge in [-0.3, -0.25) is 9.78 Å². The lowest BCUT2D eigenvalue weighted by atomic mass is 9.91. The molecule has 28 heavy (non-hydrogen) atoms. The van der Waals surface area contributed by atoms with E-state index in [0.717, 1.165) is 54.2 Å². The Morgan fingerprint density at radius 2 is 1.93 bits per heavy atom. The van der Waals surface area contributed by atoms with Crippen LogP contribution in [0.25, 0.3) is 5.52 Å². The lowest BCUT2D eigenvalue weighted by molar-refractivity contribution is -0.137. The molecular weight excluding hydrogens is 352 g/mol. The number of likely N-dealkylation sites (N-methyl/N-ethyl adjacent to an activating group) is 1. The Hall–Kier alpha value is -2.86. The largest absolute Gasteiger partial charge is 0.426 e. The molecule has 1 saturated heterocycles. The molecule has 0 saturated carbocycles. The van der Waals surface area contributed by atoms with E-state index in [1.54, 1.807) is 0 Å². The van der Waals surface area contributed by atoms with E-state index in [0.29, 0.717) is 12.2 Å². The van der Waals surface area contributed by atoms with E-state index in [9.17, 15) is 4.79 Å². The number of benzene rings is 1. The zero-order valence-corrected chi connectivity index (χ0v) is 16.3. The Labute approximate surface area is 164 Å². The maximum absolute atomic E-state index is 12.8. The van der Waals surface area contributed by atoms with Gasteiger partial charge in [0.05, 0.1) is 23.3 Å². The fourth-order valence-corrected chi connectivity index (χ4v) is 4.13. The van der Waals surface area contributed by atoms with E-state index in [4.69, 9.17) is 4.74 Å². The highest BCUT2D eigenvalue weighted by Gasteiger charge is 2.31. The van der Waals surface area contributed by atoms with Crippen molar-refractivity contribution in [3.8, 4) is 5.75 Å². The van der Waals surface area contributed by atoms with Gasteiger partial charge in [0, 0.05) is 50.3 Å². The molecule has 6 heteroatoms. The van der Waals surface area contributed by atoms with Crippen LogP contribution in [0.2, 0.25) is 0 Å². The zero-order valence-electron chi connectivity index (χ0n) is 16.3. The van der Waals surface area contributed by atoms with Crippen molar-refractivity contribution >= 4 is 17.2 Å². The minimum Gasteiger partial charge on any atom is -0.426 e. The zero-order chi connectivity index (χ0) is 19.3. The van der Waals surface area contributed by atoms with Gasteiger partial charge in [0.2, 0.25) is 0 Å². The van der Waals surface area contributed by atoms with Crippen LogP contribution < -0.4 is 9.64 Å². The second-order valence-corrected chi connectivity index (χ2v) is 7.89. The Balaban J connectivity index is 1.41. The fourth-order valence-electron chi connectivity index (χ4n) is 4.13. The summed E-state index contributed by atoms with van der Waals surface area (Å²) >= 11 is 0. The summed E-state index contributed by atoms with van der Waals surface area (Å²) in [5.41, 5.74) is 5.14. The second kappa shape index (κ2) is 6.63. The molecule has 1 fully saturated rings. The van der Waals surface area contributed by atoms with E-state index in [1.165, 1.54) is 0 Å². The van der Waals surface area contributed by atoms with Crippen LogP contribution in [0.3, 0.4) is 0 Å². The molecule has 0 amide bonds. The molecule has 0 bridgehead atoms. The topological polar surface area (TPSA) is 50.1 Å². The van der Waals surface area contributed by atoms with E-state index in [1.807, 2.05) is 42.0 Å². The Bertz CT molecular complexity index is 1050. The smallest absolute Gasteiger partial charge is 0.319 e. The number of esters is 1. The fraction of sp³-hybridized carbons (Fsp3) is 0.364. The Morgan fingerprint density at radius 3 is 2.75 bits per heavy atom. The number of carbonyl (C=O) groups excluding carboxylic acids is 1. The van der Waals surface area contributed by atoms with Crippen molar-refractivity contribution < 1.29 is 9.53 Å². The summed E-state index contributed by atoms with van der Waals surface area (Å²) in [5, 5.41) is 0. The molecule has 2 aromatic heterocycles. The van der Waals surface area contributed by atoms with Gasteiger partial charge in [-0.2, -0.15) is 0 Å². The normalized spacial score (nSPS) is 20.3. The van der Waals surface area contributed by atoms with Crippen LogP contribution in [0.15, 0.2) is 42.9 Å². The lowest BCUT2D eigenvalue weighted by Gasteiger charge is -2.34. The van der Waals surface area contributed by atoms with Gasteiger partial charge in [0.15, 0.2) is 0 Å². The minimum absolute atomic E-state index is 0.177. The molecule has 144 valence electrons. The number of piperazine rings is 1. The molecular formula is C22H24N4O2. The minimum atomic E-state index is -0.276. The van der Waals surface area contributed by atoms with Crippen LogP contribution in [0.4, 0.5) is 5.69 Å². The number of anilines is 1. The van der Waals surface area contributed by atoms with Gasteiger partial charge in [0.1, 0.15) is 5.75 Å². The third-order valence-corrected chi connectivity index (χ3v) is 5.87. The third-order valence-electron chi connectivity index (χ3n) is 5.87. The Morgan fingerprint density at radius 1 is 1.11 bits per heavy atom. The molecule has 6 nitrogen and oxygen atoms in total. The first-order chi connectivity index (χ1) is 13.6. The van der Waals surface area contributed by atoms with Crippen molar-refractivity contribution in [3.63, 3.8) is 0 Å². The quantitative estimate of drug-likeness (QED) is 0.508. The van der Waals surface area contributed by atoms with Crippen molar-refractivity contribution in [1.29, 1.82) is 0 Å². The first kappa shape index (κ1) is 17.3. The summed E-state index contributed by atoms with van der Waals surface area (Å²) in [7, 11) is 2.15. The molecule has 1 unspecified atom stereocenters. The summed E-state index contributed by atoms with van der Waals surface area (Å²) in [6.07, 6.45) is 6.49. The molecule has 1 aromatic carbocycles. The molecule has 0 aliphatic carbocycles. The molecule has 5 rings (SSSR count). The maximum atomic E-state index is 12.8. The summed E-state index contributed by atoms with van der Waals surface area (Å²) in [6, 6.07) is 8.33. The molecule has 2 aliphatic heterocycles. The highest BCUT2D eigenvalue weighted by Crippen LogP contribution is 2.36. The van der Waals surface area contributed by atoms with Crippen molar-refractivity contribution in [2.75, 3.05) is 38.1 Å². The van der Waals surface area contributed by atoms with Crippen LogP contribution in [0, 0.1) is 6.92 Å². The molecule has 4 heterocycles. The SMILES string of the molecule is Cc1cn2cc(C3Cc4ccc(N5CCN(C)CC5)cc4OC3=O)cc2cn1. The molecule has 0 spiro atoms. The number of hydrogen-bond donors (Lipinski definition) is 0. The summed E-state index contributed by atoms with van der Waals surface area (Å²) in [5.74, 6) is 0.254. The highest BCUT2D eigenvalue weighted by molar-refractivity contribution is 5.84. The van der Waals surface area contributed by atoms with Crippen LogP contribution in [-0.2, 0) is 11.2 Å². The van der Waals surface area contributed by atoms with Crippen LogP contribution in [0.1, 0.15) is 22.7 Å². The second-order valence-electron chi connectivity index (χ2n) is 7.89. The number of ether oxygens (including phenoxy) is 1. The van der Waals surface area contributed by atoms with Crippen LogP contribution in [0.5, 0.6) is 5.75 Å². The molecule has 0 N–H and O–H groups in total. The number of nitrogens with zero attached hydrogens (tertiary/aromatic N) is 4.